The summed E-state index contributed by atoms with van der Waals surface area (Å²) in [6, 6.07) is 21.2. The Labute approximate surface area is 139 Å². The Morgan fingerprint density at radius 3 is 2.67 bits per heavy atom. The zero-order valence-corrected chi connectivity index (χ0v) is 12.9. The summed E-state index contributed by atoms with van der Waals surface area (Å²) in [5.41, 5.74) is 3.65. The molecule has 4 aromatic rings. The lowest BCUT2D eigenvalue weighted by atomic mass is 10.1. The number of imidazole rings is 1. The van der Waals surface area contributed by atoms with Gasteiger partial charge in [-0.05, 0) is 42.0 Å². The van der Waals surface area contributed by atoms with Gasteiger partial charge in [-0.25, -0.2) is 0 Å². The van der Waals surface area contributed by atoms with Gasteiger partial charge in [0.05, 0.1) is 11.4 Å². The molecular formula is C20H15N3O. The van der Waals surface area contributed by atoms with Gasteiger partial charge in [-0.1, -0.05) is 30.3 Å². The molecule has 0 fully saturated rings. The van der Waals surface area contributed by atoms with Gasteiger partial charge in [0.25, 0.3) is 6.33 Å². The highest BCUT2D eigenvalue weighted by Crippen LogP contribution is 2.20. The van der Waals surface area contributed by atoms with Crippen LogP contribution in [0.25, 0.3) is 22.6 Å². The molecule has 24 heavy (non-hydrogen) atoms. The molecule has 4 nitrogen and oxygen atoms in total. The fraction of sp³-hybridized carbons (Fsp3) is 0. The van der Waals surface area contributed by atoms with Crippen molar-refractivity contribution in [1.29, 1.82) is 0 Å². The lowest BCUT2D eigenvalue weighted by Crippen LogP contribution is -2.28. The molecule has 2 aromatic heterocycles. The summed E-state index contributed by atoms with van der Waals surface area (Å²) in [7, 11) is 0. The van der Waals surface area contributed by atoms with Crippen molar-refractivity contribution in [3.05, 3.63) is 91.6 Å². The normalized spacial score (nSPS) is 10.7. The van der Waals surface area contributed by atoms with Crippen LogP contribution >= 0.6 is 0 Å². The number of nitrogens with zero attached hydrogens (tertiary/aromatic N) is 3. The molecular weight excluding hydrogens is 298 g/mol. The topological polar surface area (TPSA) is 41.9 Å². The van der Waals surface area contributed by atoms with Crippen LogP contribution in [0.3, 0.4) is 0 Å². The van der Waals surface area contributed by atoms with E-state index in [1.54, 1.807) is 22.9 Å². The first-order valence-electron chi connectivity index (χ1n) is 7.64. The molecule has 2 heterocycles. The Morgan fingerprint density at radius 2 is 1.83 bits per heavy atom. The minimum absolute atomic E-state index is 0.221. The van der Waals surface area contributed by atoms with E-state index in [0.717, 1.165) is 16.9 Å². The maximum atomic E-state index is 9.98. The summed E-state index contributed by atoms with van der Waals surface area (Å²) in [4.78, 5) is 4.39. The first-order chi connectivity index (χ1) is 11.8. The molecule has 0 aliphatic carbocycles. The number of aromatic hydroxyl groups is 1. The average Bonchev–Trinajstić information content (AvgIpc) is 3.13. The molecule has 1 N–H and O–H groups in total. The molecule has 0 saturated carbocycles. The molecule has 0 atom stereocenters. The Balaban J connectivity index is 1.72. The number of pyridine rings is 1. The van der Waals surface area contributed by atoms with Crippen molar-refractivity contribution in [1.82, 2.24) is 9.55 Å². The third kappa shape index (κ3) is 2.65. The number of phenolic OH excluding ortho intramolecular Hbond substituents is 1. The molecule has 0 radical (unpaired) electrons. The van der Waals surface area contributed by atoms with Gasteiger partial charge in [0, 0.05) is 18.6 Å². The van der Waals surface area contributed by atoms with Crippen molar-refractivity contribution in [2.75, 3.05) is 0 Å². The minimum atomic E-state index is 0.221. The minimum Gasteiger partial charge on any atom is -0.511 e. The maximum absolute atomic E-state index is 9.98. The van der Waals surface area contributed by atoms with Gasteiger partial charge in [-0.15, -0.1) is 0 Å². The highest BCUT2D eigenvalue weighted by atomic mass is 16.3. The number of aromatic nitrogens is 3. The van der Waals surface area contributed by atoms with Gasteiger partial charge in [0.1, 0.15) is 11.4 Å². The van der Waals surface area contributed by atoms with Crippen molar-refractivity contribution in [3.63, 3.8) is 0 Å². The van der Waals surface area contributed by atoms with Crippen LogP contribution < -0.4 is 4.57 Å². The second kappa shape index (κ2) is 6.01. The molecule has 0 spiro atoms. The number of phenols is 1. The van der Waals surface area contributed by atoms with Crippen LogP contribution in [-0.2, 0) is 0 Å². The van der Waals surface area contributed by atoms with Crippen molar-refractivity contribution in [2.45, 2.75) is 0 Å². The number of hydrogen-bond donors (Lipinski definition) is 1. The van der Waals surface area contributed by atoms with E-state index in [9.17, 15) is 5.11 Å². The number of hydrogen-bond acceptors (Lipinski definition) is 2. The summed E-state index contributed by atoms with van der Waals surface area (Å²) < 4.78 is 3.65. The zero-order chi connectivity index (χ0) is 16.4. The maximum Gasteiger partial charge on any atom is 0.268 e. The first kappa shape index (κ1) is 14.2. The summed E-state index contributed by atoms with van der Waals surface area (Å²) in [6.07, 6.45) is 8.78. The van der Waals surface area contributed by atoms with Gasteiger partial charge in [-0.2, -0.15) is 0 Å². The van der Waals surface area contributed by atoms with Crippen LogP contribution in [0.2, 0.25) is 0 Å². The number of para-hydroxylation sites is 2. The molecule has 0 bridgehead atoms. The van der Waals surface area contributed by atoms with Crippen molar-refractivity contribution < 1.29 is 9.67 Å². The Hall–Kier alpha value is -3.40. The number of rotatable bonds is 3. The second-order valence-corrected chi connectivity index (χ2v) is 5.39. The van der Waals surface area contributed by atoms with Gasteiger partial charge in [0.2, 0.25) is 0 Å². The molecule has 0 unspecified atom stereocenters. The third-order valence-electron chi connectivity index (χ3n) is 3.81. The molecule has 116 valence electrons. The largest absolute Gasteiger partial charge is 0.511 e. The lowest BCUT2D eigenvalue weighted by Gasteiger charge is -2.06. The van der Waals surface area contributed by atoms with Crippen molar-refractivity contribution in [2.24, 2.45) is 0 Å². The molecule has 0 aliphatic rings. The second-order valence-electron chi connectivity index (χ2n) is 5.39. The van der Waals surface area contributed by atoms with Crippen molar-refractivity contribution in [3.8, 4) is 28.4 Å². The van der Waals surface area contributed by atoms with E-state index in [2.05, 4.69) is 17.4 Å². The predicted octanol–water partition coefficient (Wildman–Crippen LogP) is 3.32. The first-order valence-corrected chi connectivity index (χ1v) is 7.64. The Kier molecular flexibility index (Phi) is 3.56. The molecule has 0 amide bonds. The lowest BCUT2D eigenvalue weighted by molar-refractivity contribution is -0.599. The smallest absolute Gasteiger partial charge is 0.268 e. The fourth-order valence-electron chi connectivity index (χ4n) is 2.61. The summed E-state index contributed by atoms with van der Waals surface area (Å²) >= 11 is 0. The predicted molar refractivity (Wildman–Crippen MR) is 91.0 cm³/mol. The molecule has 4 rings (SSSR count). The van der Waals surface area contributed by atoms with Crippen LogP contribution in [0.5, 0.6) is 5.75 Å². The fourth-order valence-corrected chi connectivity index (χ4v) is 2.61. The van der Waals surface area contributed by atoms with E-state index in [4.69, 9.17) is 0 Å². The van der Waals surface area contributed by atoms with E-state index in [0.29, 0.717) is 5.69 Å². The standard InChI is InChI=1S/C20H15N3O/c24-20-10-2-1-9-19(20)23-13-12-22(15-23)17-7-5-6-16(14-17)18-8-3-4-11-21-18/h1-14,24H. The van der Waals surface area contributed by atoms with Gasteiger partial charge < -0.3 is 5.11 Å². The zero-order valence-electron chi connectivity index (χ0n) is 12.9. The third-order valence-corrected chi connectivity index (χ3v) is 3.81. The van der Waals surface area contributed by atoms with Crippen LogP contribution in [0.1, 0.15) is 0 Å². The summed E-state index contributed by atoms with van der Waals surface area (Å²) in [5, 5.41) is 9.98. The van der Waals surface area contributed by atoms with Crippen LogP contribution in [0.4, 0.5) is 0 Å². The summed E-state index contributed by atoms with van der Waals surface area (Å²) in [6.45, 7) is 0. The van der Waals surface area contributed by atoms with E-state index in [1.165, 1.54) is 0 Å². The Bertz CT molecular complexity index is 977. The molecule has 4 heteroatoms. The van der Waals surface area contributed by atoms with E-state index in [-0.39, 0.29) is 5.75 Å². The quantitative estimate of drug-likeness (QED) is 0.466. The van der Waals surface area contributed by atoms with Gasteiger partial charge in [0.15, 0.2) is 0 Å². The monoisotopic (exact) mass is 313 g/mol. The number of benzene rings is 2. The van der Waals surface area contributed by atoms with Crippen LogP contribution in [0, 0.1) is 6.33 Å². The van der Waals surface area contributed by atoms with E-state index < -0.39 is 0 Å². The van der Waals surface area contributed by atoms with E-state index in [1.807, 2.05) is 65.5 Å². The molecule has 0 aliphatic heterocycles. The highest BCUT2D eigenvalue weighted by molar-refractivity contribution is 5.60. The molecule has 2 aromatic carbocycles. The van der Waals surface area contributed by atoms with Crippen molar-refractivity contribution >= 4 is 0 Å². The Morgan fingerprint density at radius 1 is 0.958 bits per heavy atom. The average molecular weight is 313 g/mol. The van der Waals surface area contributed by atoms with Gasteiger partial charge in [-0.3, -0.25) is 14.1 Å². The molecule has 0 saturated heterocycles. The highest BCUT2D eigenvalue weighted by Gasteiger charge is 2.07. The summed E-state index contributed by atoms with van der Waals surface area (Å²) in [5.74, 6) is 0.221. The van der Waals surface area contributed by atoms with Crippen LogP contribution in [-0.4, -0.2) is 14.7 Å². The van der Waals surface area contributed by atoms with E-state index >= 15 is 0 Å². The van der Waals surface area contributed by atoms with Gasteiger partial charge >= 0.3 is 0 Å². The SMILES string of the molecule is Oc1ccccc1-n1[c-][n+](-c2cccc(-c3ccccn3)c2)cc1. The van der Waals surface area contributed by atoms with Crippen LogP contribution in [0.15, 0.2) is 85.3 Å².